The number of fused-ring (bicyclic) bond motifs is 1. The summed E-state index contributed by atoms with van der Waals surface area (Å²) in [6.07, 6.45) is 0.219. The van der Waals surface area contributed by atoms with Gasteiger partial charge in [0, 0.05) is 18.0 Å². The molecule has 2 aromatic rings. The van der Waals surface area contributed by atoms with Crippen molar-refractivity contribution in [1.82, 2.24) is 5.32 Å². The predicted octanol–water partition coefficient (Wildman–Crippen LogP) is 3.34. The Kier molecular flexibility index (Phi) is 4.77. The first-order chi connectivity index (χ1) is 13.5. The molecule has 0 spiro atoms. The SMILES string of the molecule is CC1=C(C(=O)OCc2ccc3c(c2)OCO3)[C@@H](c2ccccc2C)CC(=O)N1. The van der Waals surface area contributed by atoms with E-state index in [0.29, 0.717) is 22.8 Å². The number of aryl methyl sites for hydroxylation is 1. The van der Waals surface area contributed by atoms with Crippen LogP contribution < -0.4 is 14.8 Å². The topological polar surface area (TPSA) is 73.9 Å². The monoisotopic (exact) mass is 379 g/mol. The molecule has 0 aromatic heterocycles. The lowest BCUT2D eigenvalue weighted by Gasteiger charge is -2.27. The average Bonchev–Trinajstić information content (AvgIpc) is 3.13. The number of hydrogen-bond donors (Lipinski definition) is 1. The Balaban J connectivity index is 1.56. The minimum Gasteiger partial charge on any atom is -0.457 e. The third-order valence-corrected chi connectivity index (χ3v) is 5.06. The summed E-state index contributed by atoms with van der Waals surface area (Å²) in [6.45, 7) is 4.02. The van der Waals surface area contributed by atoms with Crippen LogP contribution in [-0.4, -0.2) is 18.7 Å². The highest BCUT2D eigenvalue weighted by atomic mass is 16.7. The molecule has 4 rings (SSSR count). The Morgan fingerprint density at radius 2 is 1.93 bits per heavy atom. The highest BCUT2D eigenvalue weighted by Gasteiger charge is 2.33. The van der Waals surface area contributed by atoms with Gasteiger partial charge in [0.2, 0.25) is 12.7 Å². The molecule has 2 aromatic carbocycles. The largest absolute Gasteiger partial charge is 0.457 e. The lowest BCUT2D eigenvalue weighted by Crippen LogP contribution is -2.34. The van der Waals surface area contributed by atoms with Crippen LogP contribution in [0.15, 0.2) is 53.7 Å². The summed E-state index contributed by atoms with van der Waals surface area (Å²) in [4.78, 5) is 25.0. The molecule has 0 bridgehead atoms. The number of ether oxygens (including phenoxy) is 3. The molecule has 144 valence electrons. The summed E-state index contributed by atoms with van der Waals surface area (Å²) in [5, 5.41) is 2.76. The molecule has 2 heterocycles. The Labute approximate surface area is 163 Å². The van der Waals surface area contributed by atoms with Gasteiger partial charge < -0.3 is 19.5 Å². The zero-order chi connectivity index (χ0) is 19.7. The van der Waals surface area contributed by atoms with Crippen molar-refractivity contribution in [2.24, 2.45) is 0 Å². The van der Waals surface area contributed by atoms with Gasteiger partial charge in [-0.05, 0) is 42.7 Å². The Bertz CT molecular complexity index is 979. The molecule has 0 fully saturated rings. The van der Waals surface area contributed by atoms with E-state index in [-0.39, 0.29) is 31.6 Å². The maximum Gasteiger partial charge on any atom is 0.336 e. The van der Waals surface area contributed by atoms with Crippen LogP contribution in [0.2, 0.25) is 0 Å². The highest BCUT2D eigenvalue weighted by Crippen LogP contribution is 2.36. The van der Waals surface area contributed by atoms with Crippen molar-refractivity contribution in [3.63, 3.8) is 0 Å². The minimum absolute atomic E-state index is 0.0990. The first-order valence-corrected chi connectivity index (χ1v) is 9.14. The molecule has 1 N–H and O–H groups in total. The molecule has 0 radical (unpaired) electrons. The molecular formula is C22H21NO5. The van der Waals surface area contributed by atoms with Gasteiger partial charge in [-0.3, -0.25) is 4.79 Å². The first-order valence-electron chi connectivity index (χ1n) is 9.14. The number of carbonyl (C=O) groups is 2. The van der Waals surface area contributed by atoms with Gasteiger partial charge in [0.1, 0.15) is 6.61 Å². The second-order valence-corrected chi connectivity index (χ2v) is 6.96. The number of hydrogen-bond acceptors (Lipinski definition) is 5. The van der Waals surface area contributed by atoms with Crippen LogP contribution in [0.4, 0.5) is 0 Å². The molecule has 2 aliphatic rings. The molecule has 0 aliphatic carbocycles. The summed E-state index contributed by atoms with van der Waals surface area (Å²) < 4.78 is 16.2. The molecule has 1 atom stereocenters. The van der Waals surface area contributed by atoms with Crippen molar-refractivity contribution in [2.75, 3.05) is 6.79 Å². The zero-order valence-electron chi connectivity index (χ0n) is 15.8. The molecule has 6 heteroatoms. The normalized spacial score (nSPS) is 18.1. The molecule has 0 saturated carbocycles. The number of nitrogens with one attached hydrogen (secondary N) is 1. The van der Waals surface area contributed by atoms with E-state index >= 15 is 0 Å². The van der Waals surface area contributed by atoms with Gasteiger partial charge in [-0.1, -0.05) is 30.3 Å². The van der Waals surface area contributed by atoms with Crippen LogP contribution >= 0.6 is 0 Å². The fourth-order valence-electron chi connectivity index (χ4n) is 3.67. The molecule has 0 saturated heterocycles. The van der Waals surface area contributed by atoms with Gasteiger partial charge in [-0.25, -0.2) is 4.79 Å². The number of carbonyl (C=O) groups excluding carboxylic acids is 2. The number of benzene rings is 2. The lowest BCUT2D eigenvalue weighted by atomic mass is 9.82. The van der Waals surface area contributed by atoms with E-state index in [1.165, 1.54) is 0 Å². The quantitative estimate of drug-likeness (QED) is 0.825. The predicted molar refractivity (Wildman–Crippen MR) is 102 cm³/mol. The number of esters is 1. The van der Waals surface area contributed by atoms with Crippen molar-refractivity contribution >= 4 is 11.9 Å². The van der Waals surface area contributed by atoms with Crippen molar-refractivity contribution in [3.05, 3.63) is 70.4 Å². The number of allylic oxidation sites excluding steroid dienone is 1. The van der Waals surface area contributed by atoms with Gasteiger partial charge in [0.05, 0.1) is 5.57 Å². The van der Waals surface area contributed by atoms with Gasteiger partial charge in [-0.2, -0.15) is 0 Å². The Morgan fingerprint density at radius 3 is 2.75 bits per heavy atom. The molecule has 28 heavy (non-hydrogen) atoms. The standard InChI is InChI=1S/C22H21NO5/c1-13-5-3-4-6-16(13)17-10-20(24)23-14(2)21(17)22(25)26-11-15-7-8-18-19(9-15)28-12-27-18/h3-9,17H,10-12H2,1-2H3,(H,23,24)/t17-/m1/s1. The minimum atomic E-state index is -0.427. The van der Waals surface area contributed by atoms with Crippen molar-refractivity contribution in [2.45, 2.75) is 32.8 Å². The summed E-state index contributed by atoms with van der Waals surface area (Å²) in [5.74, 6) is 0.482. The van der Waals surface area contributed by atoms with E-state index < -0.39 is 5.97 Å². The third kappa shape index (κ3) is 3.45. The average molecular weight is 379 g/mol. The smallest absolute Gasteiger partial charge is 0.336 e. The summed E-state index contributed by atoms with van der Waals surface area (Å²) in [5.41, 5.74) is 3.85. The van der Waals surface area contributed by atoms with Crippen LogP contribution in [0.25, 0.3) is 0 Å². The molecule has 6 nitrogen and oxygen atoms in total. The Morgan fingerprint density at radius 1 is 1.14 bits per heavy atom. The second kappa shape index (κ2) is 7.38. The summed E-state index contributed by atoms with van der Waals surface area (Å²) in [7, 11) is 0. The number of amides is 1. The molecule has 1 amide bonds. The molecule has 0 unspecified atom stereocenters. The van der Waals surface area contributed by atoms with Gasteiger partial charge in [0.25, 0.3) is 0 Å². The Hall–Kier alpha value is -3.28. The lowest BCUT2D eigenvalue weighted by molar-refractivity contribution is -0.141. The maximum atomic E-state index is 12.9. The van der Waals surface area contributed by atoms with E-state index in [4.69, 9.17) is 14.2 Å². The van der Waals surface area contributed by atoms with E-state index in [0.717, 1.165) is 16.7 Å². The molecular weight excluding hydrogens is 358 g/mol. The summed E-state index contributed by atoms with van der Waals surface area (Å²) >= 11 is 0. The van der Waals surface area contributed by atoms with Gasteiger partial charge in [0.15, 0.2) is 11.5 Å². The van der Waals surface area contributed by atoms with Crippen molar-refractivity contribution in [3.8, 4) is 11.5 Å². The van der Waals surface area contributed by atoms with Crippen LogP contribution in [-0.2, 0) is 20.9 Å². The van der Waals surface area contributed by atoms with E-state index in [2.05, 4.69) is 5.32 Å². The fraction of sp³-hybridized carbons (Fsp3) is 0.273. The first kappa shape index (κ1) is 18.1. The van der Waals surface area contributed by atoms with E-state index in [1.54, 1.807) is 19.1 Å². The highest BCUT2D eigenvalue weighted by molar-refractivity contribution is 5.95. The third-order valence-electron chi connectivity index (χ3n) is 5.06. The van der Waals surface area contributed by atoms with E-state index in [1.807, 2.05) is 37.3 Å². The van der Waals surface area contributed by atoms with Gasteiger partial charge in [-0.15, -0.1) is 0 Å². The fourth-order valence-corrected chi connectivity index (χ4v) is 3.67. The van der Waals surface area contributed by atoms with E-state index in [9.17, 15) is 9.59 Å². The van der Waals surface area contributed by atoms with Gasteiger partial charge >= 0.3 is 5.97 Å². The van der Waals surface area contributed by atoms with Crippen molar-refractivity contribution < 1.29 is 23.8 Å². The second-order valence-electron chi connectivity index (χ2n) is 6.96. The van der Waals surface area contributed by atoms with Crippen LogP contribution in [0.1, 0.15) is 36.0 Å². The van der Waals surface area contributed by atoms with Crippen LogP contribution in [0, 0.1) is 6.92 Å². The van der Waals surface area contributed by atoms with Crippen LogP contribution in [0.5, 0.6) is 11.5 Å². The maximum absolute atomic E-state index is 12.9. The van der Waals surface area contributed by atoms with Crippen LogP contribution in [0.3, 0.4) is 0 Å². The number of rotatable bonds is 4. The zero-order valence-corrected chi connectivity index (χ0v) is 15.8. The van der Waals surface area contributed by atoms with Crippen molar-refractivity contribution in [1.29, 1.82) is 0 Å². The molecule has 2 aliphatic heterocycles. The summed E-state index contributed by atoms with van der Waals surface area (Å²) in [6, 6.07) is 13.2.